The van der Waals surface area contributed by atoms with Crippen LogP contribution in [0.1, 0.15) is 49.3 Å². The first kappa shape index (κ1) is 20.0. The molecule has 156 valence electrons. The number of cyclic esters (lactones) is 1. The van der Waals surface area contributed by atoms with E-state index in [2.05, 4.69) is 20.3 Å². The molecule has 8 heteroatoms. The average Bonchev–Trinajstić information content (AvgIpc) is 2.67. The second kappa shape index (κ2) is 7.53. The number of esters is 1. The lowest BCUT2D eigenvalue weighted by molar-refractivity contribution is 0.0297. The molecular formula is C22H25N5O3. The van der Waals surface area contributed by atoms with Crippen LogP contribution in [0.3, 0.4) is 0 Å². The Morgan fingerprint density at radius 1 is 1.23 bits per heavy atom. The topological polar surface area (TPSA) is 112 Å². The van der Waals surface area contributed by atoms with Gasteiger partial charge in [-0.1, -0.05) is 0 Å². The highest BCUT2D eigenvalue weighted by molar-refractivity contribution is 5.93. The van der Waals surface area contributed by atoms with Gasteiger partial charge in [-0.25, -0.2) is 19.7 Å². The van der Waals surface area contributed by atoms with Crippen LogP contribution in [0.15, 0.2) is 30.6 Å². The minimum Gasteiger partial charge on any atom is -0.477 e. The molecule has 0 aromatic carbocycles. The fraction of sp³-hybridized carbons (Fsp3) is 0.364. The predicted octanol–water partition coefficient (Wildman–Crippen LogP) is 3.46. The summed E-state index contributed by atoms with van der Waals surface area (Å²) in [6, 6.07) is 5.39. The molecule has 1 atom stereocenters. The molecule has 4 heterocycles. The molecular weight excluding hydrogens is 382 g/mol. The molecule has 30 heavy (non-hydrogen) atoms. The second-order valence-electron chi connectivity index (χ2n) is 7.98. The standard InChI is InChI=1S/C22H25N5O3/c1-5-29-20-15-10-24-19(9-14(15)16(11-25-20)22(3,4)23)27-18-7-6-13-17(26-18)8-12(2)30-21(13)28/h6-7,9-12H,5,8,23H2,1-4H3,(H,24,26,27)/t12-/m1/s1. The van der Waals surface area contributed by atoms with Crippen molar-refractivity contribution in [2.24, 2.45) is 5.73 Å². The Balaban J connectivity index is 1.73. The molecule has 3 N–H and O–H groups in total. The molecule has 0 unspecified atom stereocenters. The summed E-state index contributed by atoms with van der Waals surface area (Å²) >= 11 is 0. The molecule has 1 aliphatic heterocycles. The summed E-state index contributed by atoms with van der Waals surface area (Å²) in [5.74, 6) is 1.41. The highest BCUT2D eigenvalue weighted by Crippen LogP contribution is 2.33. The number of hydrogen-bond donors (Lipinski definition) is 2. The molecule has 0 radical (unpaired) electrons. The van der Waals surface area contributed by atoms with E-state index in [0.29, 0.717) is 36.1 Å². The van der Waals surface area contributed by atoms with E-state index in [1.807, 2.05) is 33.8 Å². The predicted molar refractivity (Wildman–Crippen MR) is 114 cm³/mol. The fourth-order valence-electron chi connectivity index (χ4n) is 3.55. The van der Waals surface area contributed by atoms with E-state index in [1.54, 1.807) is 24.5 Å². The first-order chi connectivity index (χ1) is 14.3. The molecule has 8 nitrogen and oxygen atoms in total. The normalized spacial score (nSPS) is 16.2. The van der Waals surface area contributed by atoms with Gasteiger partial charge in [0.05, 0.1) is 23.3 Å². The molecule has 0 fully saturated rings. The Kier molecular flexibility index (Phi) is 5.03. The third-order valence-electron chi connectivity index (χ3n) is 4.95. The molecule has 3 aromatic rings. The zero-order valence-electron chi connectivity index (χ0n) is 17.5. The Hall–Kier alpha value is -3.26. The third kappa shape index (κ3) is 3.78. The maximum Gasteiger partial charge on any atom is 0.340 e. The van der Waals surface area contributed by atoms with Crippen molar-refractivity contribution in [3.63, 3.8) is 0 Å². The number of aromatic nitrogens is 3. The maximum absolute atomic E-state index is 12.0. The quantitative estimate of drug-likeness (QED) is 0.618. The van der Waals surface area contributed by atoms with Crippen LogP contribution >= 0.6 is 0 Å². The number of pyridine rings is 3. The molecule has 0 spiro atoms. The summed E-state index contributed by atoms with van der Waals surface area (Å²) in [6.45, 7) is 8.14. The van der Waals surface area contributed by atoms with Crippen molar-refractivity contribution in [2.75, 3.05) is 11.9 Å². The van der Waals surface area contributed by atoms with Crippen LogP contribution in [-0.4, -0.2) is 33.6 Å². The van der Waals surface area contributed by atoms with Crippen LogP contribution in [0.5, 0.6) is 5.88 Å². The first-order valence-electron chi connectivity index (χ1n) is 9.95. The zero-order chi connectivity index (χ0) is 21.5. The smallest absolute Gasteiger partial charge is 0.340 e. The third-order valence-corrected chi connectivity index (χ3v) is 4.95. The Morgan fingerprint density at radius 2 is 2.03 bits per heavy atom. The number of rotatable bonds is 5. The number of ether oxygens (including phenoxy) is 2. The second-order valence-corrected chi connectivity index (χ2v) is 7.98. The fourth-order valence-corrected chi connectivity index (χ4v) is 3.55. The number of hydrogen-bond acceptors (Lipinski definition) is 8. The van der Waals surface area contributed by atoms with E-state index in [0.717, 1.165) is 22.0 Å². The molecule has 1 aliphatic rings. The molecule has 4 rings (SSSR count). The molecule has 0 amide bonds. The van der Waals surface area contributed by atoms with Crippen molar-refractivity contribution < 1.29 is 14.3 Å². The van der Waals surface area contributed by atoms with Gasteiger partial charge >= 0.3 is 5.97 Å². The van der Waals surface area contributed by atoms with E-state index < -0.39 is 5.54 Å². The molecule has 0 saturated carbocycles. The van der Waals surface area contributed by atoms with Crippen molar-refractivity contribution >= 4 is 28.4 Å². The summed E-state index contributed by atoms with van der Waals surface area (Å²) in [5, 5.41) is 4.94. The van der Waals surface area contributed by atoms with Crippen LogP contribution < -0.4 is 15.8 Å². The van der Waals surface area contributed by atoms with Crippen LogP contribution in [0.4, 0.5) is 11.6 Å². The van der Waals surface area contributed by atoms with E-state index in [-0.39, 0.29) is 12.1 Å². The average molecular weight is 407 g/mol. The molecule has 0 saturated heterocycles. The van der Waals surface area contributed by atoms with Gasteiger partial charge in [-0.15, -0.1) is 0 Å². The molecule has 0 bridgehead atoms. The highest BCUT2D eigenvalue weighted by atomic mass is 16.5. The number of nitrogens with one attached hydrogen (secondary N) is 1. The summed E-state index contributed by atoms with van der Waals surface area (Å²) in [7, 11) is 0. The monoisotopic (exact) mass is 407 g/mol. The van der Waals surface area contributed by atoms with Crippen molar-refractivity contribution in [3.05, 3.63) is 47.4 Å². The number of fused-ring (bicyclic) bond motifs is 2. The zero-order valence-corrected chi connectivity index (χ0v) is 17.5. The van der Waals surface area contributed by atoms with E-state index in [1.165, 1.54) is 0 Å². The van der Waals surface area contributed by atoms with Crippen molar-refractivity contribution in [1.82, 2.24) is 15.0 Å². The number of anilines is 2. The largest absolute Gasteiger partial charge is 0.477 e. The minimum absolute atomic E-state index is 0.189. The lowest BCUT2D eigenvalue weighted by Crippen LogP contribution is -2.29. The van der Waals surface area contributed by atoms with Gasteiger partial charge in [0.1, 0.15) is 17.7 Å². The number of carbonyl (C=O) groups excluding carboxylic acids is 1. The van der Waals surface area contributed by atoms with Gasteiger partial charge in [0.15, 0.2) is 0 Å². The van der Waals surface area contributed by atoms with E-state index in [9.17, 15) is 4.79 Å². The number of nitrogens with two attached hydrogens (primary N) is 1. The van der Waals surface area contributed by atoms with Crippen LogP contribution in [-0.2, 0) is 16.7 Å². The van der Waals surface area contributed by atoms with Gasteiger partial charge in [0, 0.05) is 24.4 Å². The summed E-state index contributed by atoms with van der Waals surface area (Å²) in [6.07, 6.45) is 3.87. The lowest BCUT2D eigenvalue weighted by Gasteiger charge is -2.22. The van der Waals surface area contributed by atoms with Gasteiger partial charge < -0.3 is 20.5 Å². The Labute approximate surface area is 174 Å². The molecule has 0 aliphatic carbocycles. The highest BCUT2D eigenvalue weighted by Gasteiger charge is 2.25. The van der Waals surface area contributed by atoms with Gasteiger partial charge in [-0.05, 0) is 56.8 Å². The molecule has 3 aromatic heterocycles. The lowest BCUT2D eigenvalue weighted by atomic mass is 9.93. The van der Waals surface area contributed by atoms with Crippen LogP contribution in [0.25, 0.3) is 10.8 Å². The van der Waals surface area contributed by atoms with Crippen molar-refractivity contribution in [1.29, 1.82) is 0 Å². The summed E-state index contributed by atoms with van der Waals surface area (Å²) in [5.41, 5.74) is 7.90. The van der Waals surface area contributed by atoms with E-state index >= 15 is 0 Å². The Bertz CT molecular complexity index is 1120. The van der Waals surface area contributed by atoms with Crippen LogP contribution in [0.2, 0.25) is 0 Å². The van der Waals surface area contributed by atoms with Gasteiger partial charge in [-0.2, -0.15) is 0 Å². The van der Waals surface area contributed by atoms with Gasteiger partial charge in [-0.3, -0.25) is 0 Å². The number of nitrogens with zero attached hydrogens (tertiary/aromatic N) is 3. The van der Waals surface area contributed by atoms with Crippen LogP contribution in [0, 0.1) is 0 Å². The summed E-state index contributed by atoms with van der Waals surface area (Å²) in [4.78, 5) is 25.5. The van der Waals surface area contributed by atoms with Crippen molar-refractivity contribution in [3.8, 4) is 5.88 Å². The minimum atomic E-state index is -0.588. The Morgan fingerprint density at radius 3 is 2.77 bits per heavy atom. The van der Waals surface area contributed by atoms with Crippen molar-refractivity contribution in [2.45, 2.75) is 45.8 Å². The van der Waals surface area contributed by atoms with Gasteiger partial charge in [0.2, 0.25) is 5.88 Å². The maximum atomic E-state index is 12.0. The first-order valence-corrected chi connectivity index (χ1v) is 9.95. The number of carbonyl (C=O) groups is 1. The SMILES string of the molecule is CCOc1ncc(C(C)(C)N)c2cc(Nc3ccc4c(n3)C[C@@H](C)OC4=O)ncc12. The van der Waals surface area contributed by atoms with Gasteiger partial charge in [0.25, 0.3) is 0 Å². The van der Waals surface area contributed by atoms with E-state index in [4.69, 9.17) is 15.2 Å². The summed E-state index contributed by atoms with van der Waals surface area (Å²) < 4.78 is 10.9.